The van der Waals surface area contributed by atoms with E-state index in [0.717, 1.165) is 10.8 Å². The molecule has 8 heteroatoms. The largest absolute Gasteiger partial charge is 0.392 e. The highest BCUT2D eigenvalue weighted by atomic mass is 35.5. The van der Waals surface area contributed by atoms with Gasteiger partial charge < -0.3 is 10.2 Å². The summed E-state index contributed by atoms with van der Waals surface area (Å²) in [5, 5.41) is 18.2. The SMILES string of the molecule is O=c1[nH]c(=O)n(C2CC(O)C(CO)=C2F)cc1Cl. The number of aliphatic hydroxyl groups excluding tert-OH is 2. The first-order valence-corrected chi connectivity index (χ1v) is 5.51. The molecule has 0 saturated heterocycles. The van der Waals surface area contributed by atoms with E-state index in [4.69, 9.17) is 16.7 Å². The topological polar surface area (TPSA) is 95.3 Å². The maximum Gasteiger partial charge on any atom is 0.329 e. The Morgan fingerprint density at radius 1 is 1.56 bits per heavy atom. The van der Waals surface area contributed by atoms with Gasteiger partial charge in [0.2, 0.25) is 0 Å². The van der Waals surface area contributed by atoms with Crippen molar-refractivity contribution in [1.82, 2.24) is 9.55 Å². The summed E-state index contributed by atoms with van der Waals surface area (Å²) in [6, 6.07) is -1.07. The molecule has 0 bridgehead atoms. The van der Waals surface area contributed by atoms with Gasteiger partial charge in [-0.15, -0.1) is 0 Å². The van der Waals surface area contributed by atoms with Gasteiger partial charge in [-0.2, -0.15) is 0 Å². The van der Waals surface area contributed by atoms with E-state index in [9.17, 15) is 19.1 Å². The monoisotopic (exact) mass is 276 g/mol. The summed E-state index contributed by atoms with van der Waals surface area (Å²) in [5.41, 5.74) is -1.74. The fraction of sp³-hybridized carbons (Fsp3) is 0.400. The normalized spacial score (nSPS) is 23.8. The van der Waals surface area contributed by atoms with Crippen LogP contribution in [0.25, 0.3) is 0 Å². The molecule has 1 heterocycles. The molecule has 0 saturated carbocycles. The molecule has 18 heavy (non-hydrogen) atoms. The zero-order valence-corrected chi connectivity index (χ0v) is 9.82. The molecule has 2 rings (SSSR count). The smallest absolute Gasteiger partial charge is 0.329 e. The van der Waals surface area contributed by atoms with Crippen LogP contribution in [0.4, 0.5) is 4.39 Å². The first-order chi connectivity index (χ1) is 8.45. The maximum atomic E-state index is 13.9. The van der Waals surface area contributed by atoms with E-state index in [2.05, 4.69) is 0 Å². The number of rotatable bonds is 2. The van der Waals surface area contributed by atoms with Gasteiger partial charge in [-0.05, 0) is 0 Å². The molecule has 0 aromatic carbocycles. The van der Waals surface area contributed by atoms with Crippen LogP contribution < -0.4 is 11.2 Å². The Morgan fingerprint density at radius 3 is 2.78 bits per heavy atom. The summed E-state index contributed by atoms with van der Waals surface area (Å²) in [7, 11) is 0. The predicted octanol–water partition coefficient (Wildman–Crippen LogP) is -0.288. The Labute approximate surface area is 105 Å². The minimum atomic E-state index is -1.15. The third-order valence-corrected chi connectivity index (χ3v) is 3.15. The molecule has 1 aromatic rings. The number of nitrogens with zero attached hydrogens (tertiary/aromatic N) is 1. The van der Waals surface area contributed by atoms with Crippen LogP contribution >= 0.6 is 11.6 Å². The Bertz CT molecular complexity index is 621. The van der Waals surface area contributed by atoms with Crippen LogP contribution in [0.1, 0.15) is 12.5 Å². The average molecular weight is 277 g/mol. The summed E-state index contributed by atoms with van der Waals surface area (Å²) >= 11 is 5.56. The van der Waals surface area contributed by atoms with Crippen molar-refractivity contribution in [2.24, 2.45) is 0 Å². The highest BCUT2D eigenvalue weighted by Crippen LogP contribution is 2.35. The van der Waals surface area contributed by atoms with E-state index in [1.807, 2.05) is 4.98 Å². The molecule has 6 nitrogen and oxygen atoms in total. The van der Waals surface area contributed by atoms with Gasteiger partial charge in [0.05, 0.1) is 18.8 Å². The minimum Gasteiger partial charge on any atom is -0.392 e. The van der Waals surface area contributed by atoms with Crippen LogP contribution in [0.15, 0.2) is 27.2 Å². The predicted molar refractivity (Wildman–Crippen MR) is 61.2 cm³/mol. The molecule has 2 unspecified atom stereocenters. The summed E-state index contributed by atoms with van der Waals surface area (Å²) in [6.07, 6.45) is -0.234. The maximum absolute atomic E-state index is 13.9. The molecular weight excluding hydrogens is 267 g/mol. The third kappa shape index (κ3) is 2.00. The van der Waals surface area contributed by atoms with Gasteiger partial charge in [0.25, 0.3) is 5.56 Å². The lowest BCUT2D eigenvalue weighted by molar-refractivity contribution is 0.181. The number of aromatic nitrogens is 2. The highest BCUT2D eigenvalue weighted by molar-refractivity contribution is 6.30. The fourth-order valence-corrected chi connectivity index (χ4v) is 2.09. The summed E-state index contributed by atoms with van der Waals surface area (Å²) in [5.74, 6) is -0.782. The summed E-state index contributed by atoms with van der Waals surface area (Å²) in [4.78, 5) is 24.6. The van der Waals surface area contributed by atoms with Gasteiger partial charge in [-0.1, -0.05) is 11.6 Å². The molecule has 2 atom stereocenters. The van der Waals surface area contributed by atoms with Gasteiger partial charge in [0, 0.05) is 18.2 Å². The Balaban J connectivity index is 2.52. The number of halogens is 2. The van der Waals surface area contributed by atoms with Gasteiger partial charge in [0.15, 0.2) is 0 Å². The highest BCUT2D eigenvalue weighted by Gasteiger charge is 2.34. The fourth-order valence-electron chi connectivity index (χ4n) is 1.94. The number of aliphatic hydroxyl groups is 2. The van der Waals surface area contributed by atoms with Crippen LogP contribution in [0.5, 0.6) is 0 Å². The molecule has 0 aliphatic heterocycles. The number of hydrogen-bond donors (Lipinski definition) is 3. The molecule has 1 aliphatic carbocycles. The van der Waals surface area contributed by atoms with Gasteiger partial charge >= 0.3 is 5.69 Å². The average Bonchev–Trinajstić information content (AvgIpc) is 2.59. The second-order valence-electron chi connectivity index (χ2n) is 3.94. The van der Waals surface area contributed by atoms with Crippen molar-refractivity contribution in [3.8, 4) is 0 Å². The van der Waals surface area contributed by atoms with E-state index in [1.54, 1.807) is 0 Å². The Kier molecular flexibility index (Phi) is 3.38. The van der Waals surface area contributed by atoms with Gasteiger partial charge in [-0.25, -0.2) is 9.18 Å². The molecule has 3 N–H and O–H groups in total. The number of nitrogens with one attached hydrogen (secondary N) is 1. The minimum absolute atomic E-state index is 0.0932. The Hall–Kier alpha value is -1.44. The van der Waals surface area contributed by atoms with Crippen LogP contribution in [-0.4, -0.2) is 32.5 Å². The number of H-pyrrole nitrogens is 1. The van der Waals surface area contributed by atoms with Crippen molar-refractivity contribution in [2.45, 2.75) is 18.6 Å². The van der Waals surface area contributed by atoms with Crippen molar-refractivity contribution in [1.29, 1.82) is 0 Å². The quantitative estimate of drug-likeness (QED) is 0.692. The van der Waals surface area contributed by atoms with Crippen LogP contribution in [0.3, 0.4) is 0 Å². The summed E-state index contributed by atoms with van der Waals surface area (Å²) in [6.45, 7) is -0.630. The van der Waals surface area contributed by atoms with E-state index >= 15 is 0 Å². The van der Waals surface area contributed by atoms with Crippen molar-refractivity contribution in [3.63, 3.8) is 0 Å². The van der Waals surface area contributed by atoms with E-state index in [1.165, 1.54) is 0 Å². The zero-order chi connectivity index (χ0) is 13.4. The number of hydrogen-bond acceptors (Lipinski definition) is 4. The lowest BCUT2D eigenvalue weighted by Crippen LogP contribution is -2.32. The zero-order valence-electron chi connectivity index (χ0n) is 9.06. The number of allylic oxidation sites excluding steroid dienone is 1. The van der Waals surface area contributed by atoms with E-state index in [-0.39, 0.29) is 17.0 Å². The van der Waals surface area contributed by atoms with Crippen LogP contribution in [0.2, 0.25) is 5.02 Å². The second-order valence-corrected chi connectivity index (χ2v) is 4.35. The van der Waals surface area contributed by atoms with Crippen LogP contribution in [0, 0.1) is 0 Å². The van der Waals surface area contributed by atoms with E-state index in [0.29, 0.717) is 0 Å². The van der Waals surface area contributed by atoms with Gasteiger partial charge in [-0.3, -0.25) is 14.3 Å². The molecule has 0 spiro atoms. The van der Waals surface area contributed by atoms with Gasteiger partial charge in [0.1, 0.15) is 10.8 Å². The molecule has 1 aliphatic rings. The molecule has 0 fully saturated rings. The summed E-state index contributed by atoms with van der Waals surface area (Å²) < 4.78 is 14.8. The number of aromatic amines is 1. The second kappa shape index (κ2) is 4.68. The first-order valence-electron chi connectivity index (χ1n) is 5.14. The van der Waals surface area contributed by atoms with Crippen LogP contribution in [-0.2, 0) is 0 Å². The third-order valence-electron chi connectivity index (χ3n) is 2.88. The first kappa shape index (κ1) is 13.0. The van der Waals surface area contributed by atoms with Crippen molar-refractivity contribution < 1.29 is 14.6 Å². The lowest BCUT2D eigenvalue weighted by Gasteiger charge is -2.13. The molecule has 1 aromatic heterocycles. The lowest BCUT2D eigenvalue weighted by atomic mass is 10.2. The van der Waals surface area contributed by atoms with Crippen molar-refractivity contribution in [2.75, 3.05) is 6.61 Å². The van der Waals surface area contributed by atoms with Crippen molar-refractivity contribution in [3.05, 3.63) is 43.5 Å². The molecular formula is C10H10ClFN2O4. The Morgan fingerprint density at radius 2 is 2.22 bits per heavy atom. The van der Waals surface area contributed by atoms with E-state index < -0.39 is 35.8 Å². The standard InChI is InChI=1S/C10H10ClFN2O4/c11-5-2-14(10(18)13-9(5)17)6-1-7(16)4(3-15)8(6)12/h2,6-7,15-16H,1,3H2,(H,13,17,18). The molecule has 0 radical (unpaired) electrons. The molecule has 98 valence electrons. The van der Waals surface area contributed by atoms with Crippen molar-refractivity contribution >= 4 is 11.6 Å². The molecule has 0 amide bonds.